The van der Waals surface area contributed by atoms with Gasteiger partial charge in [-0.05, 0) is 29.9 Å². The van der Waals surface area contributed by atoms with Crippen molar-refractivity contribution < 1.29 is 0 Å². The average molecular weight is 187 g/mol. The van der Waals surface area contributed by atoms with E-state index in [9.17, 15) is 0 Å². The van der Waals surface area contributed by atoms with Crippen LogP contribution in [0.15, 0.2) is 30.8 Å². The summed E-state index contributed by atoms with van der Waals surface area (Å²) < 4.78 is 0. The van der Waals surface area contributed by atoms with Gasteiger partial charge in [-0.25, -0.2) is 0 Å². The summed E-state index contributed by atoms with van der Waals surface area (Å²) in [7, 11) is 0. The Morgan fingerprint density at radius 1 is 1.36 bits per heavy atom. The molecule has 0 radical (unpaired) electrons. The van der Waals surface area contributed by atoms with E-state index >= 15 is 0 Å². The van der Waals surface area contributed by atoms with Gasteiger partial charge in [0.2, 0.25) is 0 Å². The van der Waals surface area contributed by atoms with Crippen LogP contribution in [0.3, 0.4) is 0 Å². The largest absolute Gasteiger partial charge is 0.324 e. The maximum Gasteiger partial charge on any atom is 0.0329 e. The van der Waals surface area contributed by atoms with Crippen molar-refractivity contribution in [1.29, 1.82) is 0 Å². The van der Waals surface area contributed by atoms with E-state index in [1.807, 2.05) is 12.1 Å². The van der Waals surface area contributed by atoms with Crippen LogP contribution in [-0.4, -0.2) is 0 Å². The molecule has 2 N–H and O–H groups in total. The molecule has 1 atom stereocenters. The standard InChI is InChI=1S/C13H17N/c1-2-10-6-3-4-9-12(10)13(14)11-7-5-8-11/h2-4,6,9,11,13H,1,5,7-8,14H2/t13-/m1/s1. The lowest BCUT2D eigenvalue weighted by molar-refractivity contribution is 0.264. The minimum atomic E-state index is 0.206. The van der Waals surface area contributed by atoms with E-state index < -0.39 is 0 Å². The van der Waals surface area contributed by atoms with Gasteiger partial charge in [0.15, 0.2) is 0 Å². The number of nitrogens with two attached hydrogens (primary N) is 1. The molecule has 0 amide bonds. The van der Waals surface area contributed by atoms with E-state index in [1.54, 1.807) is 0 Å². The van der Waals surface area contributed by atoms with E-state index in [4.69, 9.17) is 5.73 Å². The predicted molar refractivity (Wildman–Crippen MR) is 60.8 cm³/mol. The lowest BCUT2D eigenvalue weighted by Crippen LogP contribution is -2.27. The van der Waals surface area contributed by atoms with Crippen LogP contribution in [0.25, 0.3) is 6.08 Å². The van der Waals surface area contributed by atoms with E-state index in [0.717, 1.165) is 0 Å². The first-order valence-electron chi connectivity index (χ1n) is 5.30. The monoisotopic (exact) mass is 187 g/mol. The van der Waals surface area contributed by atoms with E-state index in [2.05, 4.69) is 24.8 Å². The Balaban J connectivity index is 2.24. The van der Waals surface area contributed by atoms with Crippen molar-refractivity contribution in [2.75, 3.05) is 0 Å². The van der Waals surface area contributed by atoms with Gasteiger partial charge in [-0.1, -0.05) is 43.3 Å². The van der Waals surface area contributed by atoms with Crippen LogP contribution in [0.1, 0.15) is 36.4 Å². The third-order valence-corrected chi connectivity index (χ3v) is 3.23. The van der Waals surface area contributed by atoms with Gasteiger partial charge in [0.1, 0.15) is 0 Å². The summed E-state index contributed by atoms with van der Waals surface area (Å²) in [6, 6.07) is 8.51. The molecule has 1 aromatic rings. The Morgan fingerprint density at radius 2 is 2.07 bits per heavy atom. The Bertz CT molecular complexity index is 326. The van der Waals surface area contributed by atoms with Gasteiger partial charge in [-0.3, -0.25) is 0 Å². The molecule has 2 rings (SSSR count). The zero-order valence-electron chi connectivity index (χ0n) is 8.45. The molecule has 0 bridgehead atoms. The van der Waals surface area contributed by atoms with Crippen LogP contribution in [0.5, 0.6) is 0 Å². The number of hydrogen-bond acceptors (Lipinski definition) is 1. The lowest BCUT2D eigenvalue weighted by atomic mass is 9.77. The van der Waals surface area contributed by atoms with Crippen molar-refractivity contribution in [1.82, 2.24) is 0 Å². The molecule has 0 aliphatic heterocycles. The summed E-state index contributed by atoms with van der Waals surface area (Å²) in [6.07, 6.45) is 5.81. The van der Waals surface area contributed by atoms with Crippen LogP contribution in [-0.2, 0) is 0 Å². The second kappa shape index (κ2) is 3.97. The van der Waals surface area contributed by atoms with Crippen LogP contribution >= 0.6 is 0 Å². The molecule has 1 aliphatic rings. The van der Waals surface area contributed by atoms with Crippen molar-refractivity contribution >= 4 is 6.08 Å². The summed E-state index contributed by atoms with van der Waals surface area (Å²) in [6.45, 7) is 3.82. The molecule has 1 nitrogen and oxygen atoms in total. The highest BCUT2D eigenvalue weighted by molar-refractivity contribution is 5.52. The van der Waals surface area contributed by atoms with E-state index in [-0.39, 0.29) is 6.04 Å². The Morgan fingerprint density at radius 3 is 2.64 bits per heavy atom. The molecule has 1 aliphatic carbocycles. The number of rotatable bonds is 3. The normalized spacial score (nSPS) is 18.6. The first kappa shape index (κ1) is 9.47. The van der Waals surface area contributed by atoms with Crippen molar-refractivity contribution in [3.05, 3.63) is 42.0 Å². The summed E-state index contributed by atoms with van der Waals surface area (Å²) in [5.41, 5.74) is 8.67. The highest BCUT2D eigenvalue weighted by Gasteiger charge is 2.26. The van der Waals surface area contributed by atoms with Gasteiger partial charge in [0, 0.05) is 6.04 Å². The van der Waals surface area contributed by atoms with Crippen molar-refractivity contribution in [3.8, 4) is 0 Å². The topological polar surface area (TPSA) is 26.0 Å². The van der Waals surface area contributed by atoms with Crippen LogP contribution in [0, 0.1) is 5.92 Å². The smallest absolute Gasteiger partial charge is 0.0329 e. The maximum atomic E-state index is 6.23. The van der Waals surface area contributed by atoms with Crippen LogP contribution < -0.4 is 5.73 Å². The van der Waals surface area contributed by atoms with Crippen molar-refractivity contribution in [2.45, 2.75) is 25.3 Å². The molecule has 0 saturated heterocycles. The number of hydrogen-bond donors (Lipinski definition) is 1. The maximum absolute atomic E-state index is 6.23. The highest BCUT2D eigenvalue weighted by Crippen LogP contribution is 2.37. The molecule has 0 aromatic heterocycles. The summed E-state index contributed by atoms with van der Waals surface area (Å²) in [4.78, 5) is 0. The van der Waals surface area contributed by atoms with Gasteiger partial charge in [0.25, 0.3) is 0 Å². The summed E-state index contributed by atoms with van der Waals surface area (Å²) in [5.74, 6) is 0.691. The van der Waals surface area contributed by atoms with E-state index in [1.165, 1.54) is 30.4 Å². The fourth-order valence-corrected chi connectivity index (χ4v) is 2.05. The fraction of sp³-hybridized carbons (Fsp3) is 0.385. The summed E-state index contributed by atoms with van der Waals surface area (Å²) in [5, 5.41) is 0. The first-order valence-corrected chi connectivity index (χ1v) is 5.30. The molecule has 1 saturated carbocycles. The minimum absolute atomic E-state index is 0.206. The summed E-state index contributed by atoms with van der Waals surface area (Å²) >= 11 is 0. The zero-order chi connectivity index (χ0) is 9.97. The minimum Gasteiger partial charge on any atom is -0.324 e. The molecule has 0 unspecified atom stereocenters. The lowest BCUT2D eigenvalue weighted by Gasteiger charge is -2.32. The molecule has 14 heavy (non-hydrogen) atoms. The quantitative estimate of drug-likeness (QED) is 0.773. The molecule has 0 spiro atoms. The SMILES string of the molecule is C=Cc1ccccc1[C@H](N)C1CCC1. The van der Waals surface area contributed by atoms with Gasteiger partial charge < -0.3 is 5.73 Å². The fourth-order valence-electron chi connectivity index (χ4n) is 2.05. The first-order chi connectivity index (χ1) is 6.83. The Hall–Kier alpha value is -1.08. The molecular weight excluding hydrogens is 170 g/mol. The molecular formula is C13H17N. The van der Waals surface area contributed by atoms with Gasteiger partial charge in [-0.15, -0.1) is 0 Å². The Kier molecular flexibility index (Phi) is 2.69. The molecule has 74 valence electrons. The van der Waals surface area contributed by atoms with Gasteiger partial charge >= 0.3 is 0 Å². The zero-order valence-corrected chi connectivity index (χ0v) is 8.45. The van der Waals surface area contributed by atoms with Crippen molar-refractivity contribution in [3.63, 3.8) is 0 Å². The molecule has 1 aromatic carbocycles. The molecule has 1 fully saturated rings. The predicted octanol–water partition coefficient (Wildman–Crippen LogP) is 3.13. The molecule has 1 heteroatoms. The Labute approximate surface area is 85.6 Å². The average Bonchev–Trinajstić information content (AvgIpc) is 2.15. The second-order valence-electron chi connectivity index (χ2n) is 4.05. The van der Waals surface area contributed by atoms with Crippen LogP contribution in [0.2, 0.25) is 0 Å². The van der Waals surface area contributed by atoms with Gasteiger partial charge in [0.05, 0.1) is 0 Å². The van der Waals surface area contributed by atoms with E-state index in [0.29, 0.717) is 5.92 Å². The van der Waals surface area contributed by atoms with Crippen LogP contribution in [0.4, 0.5) is 0 Å². The third-order valence-electron chi connectivity index (χ3n) is 3.23. The molecule has 0 heterocycles. The van der Waals surface area contributed by atoms with Gasteiger partial charge in [-0.2, -0.15) is 0 Å². The second-order valence-corrected chi connectivity index (χ2v) is 4.05. The van der Waals surface area contributed by atoms with Crippen molar-refractivity contribution in [2.24, 2.45) is 11.7 Å². The number of benzene rings is 1. The highest BCUT2D eigenvalue weighted by atomic mass is 14.7. The third kappa shape index (κ3) is 1.60.